The fourth-order valence-electron chi connectivity index (χ4n) is 8.53. The molecule has 0 saturated carbocycles. The highest BCUT2D eigenvalue weighted by Crippen LogP contribution is 2.39. The molecule has 1 heterocycles. The first kappa shape index (κ1) is 32.8. The summed E-state index contributed by atoms with van der Waals surface area (Å²) in [5.74, 6) is 0.948. The predicted molar refractivity (Wildman–Crippen MR) is 241 cm³/mol. The Morgan fingerprint density at radius 3 is 1.89 bits per heavy atom. The number of nitrogens with zero attached hydrogens (tertiary/aromatic N) is 2. The van der Waals surface area contributed by atoms with E-state index in [0.29, 0.717) is 18.2 Å². The number of para-hydroxylation sites is 1. The summed E-state index contributed by atoms with van der Waals surface area (Å²) in [6.45, 7) is 0.428. The first-order valence-electron chi connectivity index (χ1n) is 19.3. The number of fused-ring (bicyclic) bond motifs is 10. The van der Waals surface area contributed by atoms with Crippen LogP contribution in [0, 0.1) is 0 Å². The van der Waals surface area contributed by atoms with Gasteiger partial charge in [0.2, 0.25) is 0 Å². The van der Waals surface area contributed by atoms with Crippen molar-refractivity contribution in [3.8, 4) is 11.1 Å². The van der Waals surface area contributed by atoms with Crippen molar-refractivity contribution in [2.75, 3.05) is 0 Å². The molecular formula is C53H35N3O. The number of rotatable bonds is 5. The maximum Gasteiger partial charge on any atom is 0.157 e. The molecule has 0 fully saturated rings. The Kier molecular flexibility index (Phi) is 7.68. The van der Waals surface area contributed by atoms with Crippen molar-refractivity contribution in [2.45, 2.75) is 6.54 Å². The summed E-state index contributed by atoms with van der Waals surface area (Å²) >= 11 is 0. The zero-order valence-corrected chi connectivity index (χ0v) is 31.0. The Morgan fingerprint density at radius 2 is 1.07 bits per heavy atom. The minimum absolute atomic E-state index is 0.372. The fourth-order valence-corrected chi connectivity index (χ4v) is 8.53. The molecule has 0 atom stereocenters. The van der Waals surface area contributed by atoms with E-state index in [4.69, 9.17) is 20.1 Å². The molecule has 0 bridgehead atoms. The van der Waals surface area contributed by atoms with Crippen LogP contribution in [-0.2, 0) is 6.54 Å². The molecule has 4 nitrogen and oxygen atoms in total. The highest BCUT2D eigenvalue weighted by Gasteiger charge is 2.20. The smallest absolute Gasteiger partial charge is 0.157 e. The summed E-state index contributed by atoms with van der Waals surface area (Å²) < 4.78 is 6.67. The summed E-state index contributed by atoms with van der Waals surface area (Å²) in [7, 11) is 0. The third kappa shape index (κ3) is 5.61. The summed E-state index contributed by atoms with van der Waals surface area (Å²) in [5, 5.41) is 13.7. The lowest BCUT2D eigenvalue weighted by Crippen LogP contribution is -2.17. The number of nitrogens with two attached hydrogens (primary N) is 1. The van der Waals surface area contributed by atoms with E-state index in [0.717, 1.165) is 65.9 Å². The van der Waals surface area contributed by atoms with Crippen LogP contribution in [0.2, 0.25) is 0 Å². The van der Waals surface area contributed by atoms with Crippen LogP contribution in [0.15, 0.2) is 202 Å². The molecule has 0 saturated heterocycles. The van der Waals surface area contributed by atoms with Crippen LogP contribution in [0.1, 0.15) is 16.7 Å². The lowest BCUT2D eigenvalue weighted by Gasteiger charge is -2.13. The van der Waals surface area contributed by atoms with Gasteiger partial charge >= 0.3 is 0 Å². The zero-order chi connectivity index (χ0) is 37.9. The SMILES string of the molecule is N/C(=N\C(=N/Cc1ccc2ccc3ccccc3c2c1)c1cc2ccccc2c2ccccc12)c1ccc(-c2ccc3ccccc3c2)c2oc3ccccc3c12. The number of aliphatic imine (C=N–C) groups is 2. The summed E-state index contributed by atoms with van der Waals surface area (Å²) in [5.41, 5.74) is 13.7. The van der Waals surface area contributed by atoms with E-state index in [1.807, 2.05) is 18.2 Å². The number of hydrogen-bond acceptors (Lipinski definition) is 2. The molecule has 4 heteroatoms. The fraction of sp³-hybridized carbons (Fsp3) is 0.0189. The summed E-state index contributed by atoms with van der Waals surface area (Å²) in [6.07, 6.45) is 0. The molecular weight excluding hydrogens is 695 g/mol. The lowest BCUT2D eigenvalue weighted by atomic mass is 9.96. The van der Waals surface area contributed by atoms with Crippen LogP contribution < -0.4 is 5.73 Å². The number of furan rings is 1. The summed E-state index contributed by atoms with van der Waals surface area (Å²) in [6, 6.07) is 66.0. The van der Waals surface area contributed by atoms with Crippen molar-refractivity contribution >= 4 is 87.5 Å². The molecule has 0 aliphatic rings. The number of amidine groups is 2. The molecule has 11 rings (SSSR count). The molecule has 10 aromatic carbocycles. The van der Waals surface area contributed by atoms with Crippen LogP contribution in [0.4, 0.5) is 0 Å². The normalized spacial score (nSPS) is 12.6. The van der Waals surface area contributed by atoms with Crippen LogP contribution >= 0.6 is 0 Å². The van der Waals surface area contributed by atoms with Gasteiger partial charge in [-0.1, -0.05) is 152 Å². The second-order valence-corrected chi connectivity index (χ2v) is 14.7. The number of hydrogen-bond donors (Lipinski definition) is 1. The molecule has 2 N–H and O–H groups in total. The number of benzene rings is 10. The monoisotopic (exact) mass is 729 g/mol. The van der Waals surface area contributed by atoms with E-state index in [-0.39, 0.29) is 0 Å². The van der Waals surface area contributed by atoms with Gasteiger partial charge in [0.05, 0.1) is 6.54 Å². The first-order chi connectivity index (χ1) is 28.2. The van der Waals surface area contributed by atoms with Gasteiger partial charge in [0.25, 0.3) is 0 Å². The summed E-state index contributed by atoms with van der Waals surface area (Å²) in [4.78, 5) is 10.6. The second kappa shape index (κ2) is 13.3. The maximum atomic E-state index is 7.20. The minimum Gasteiger partial charge on any atom is -0.455 e. The van der Waals surface area contributed by atoms with Gasteiger partial charge in [-0.15, -0.1) is 0 Å². The van der Waals surface area contributed by atoms with Gasteiger partial charge in [0, 0.05) is 27.5 Å². The average Bonchev–Trinajstić information content (AvgIpc) is 3.67. The molecule has 11 aromatic rings. The van der Waals surface area contributed by atoms with E-state index in [9.17, 15) is 0 Å². The van der Waals surface area contributed by atoms with E-state index < -0.39 is 0 Å². The van der Waals surface area contributed by atoms with Crippen LogP contribution in [0.3, 0.4) is 0 Å². The highest BCUT2D eigenvalue weighted by atomic mass is 16.3. The molecule has 268 valence electrons. The molecule has 0 amide bonds. The van der Waals surface area contributed by atoms with E-state index in [1.165, 1.54) is 37.7 Å². The zero-order valence-electron chi connectivity index (χ0n) is 31.0. The third-order valence-corrected chi connectivity index (χ3v) is 11.3. The first-order valence-corrected chi connectivity index (χ1v) is 19.3. The van der Waals surface area contributed by atoms with E-state index >= 15 is 0 Å². The van der Waals surface area contributed by atoms with Gasteiger partial charge in [-0.25, -0.2) is 4.99 Å². The van der Waals surface area contributed by atoms with Crippen molar-refractivity contribution < 1.29 is 4.42 Å². The van der Waals surface area contributed by atoms with Crippen molar-refractivity contribution in [2.24, 2.45) is 15.7 Å². The van der Waals surface area contributed by atoms with Gasteiger partial charge in [-0.05, 0) is 101 Å². The second-order valence-electron chi connectivity index (χ2n) is 14.7. The van der Waals surface area contributed by atoms with Crippen LogP contribution in [0.5, 0.6) is 0 Å². The Hall–Kier alpha value is -7.56. The Balaban J connectivity index is 1.11. The predicted octanol–water partition coefficient (Wildman–Crippen LogP) is 13.4. The maximum absolute atomic E-state index is 7.20. The molecule has 0 aliphatic heterocycles. The Labute approximate surface area is 328 Å². The average molecular weight is 730 g/mol. The van der Waals surface area contributed by atoms with E-state index in [1.54, 1.807) is 0 Å². The standard InChI is InChI=1S/C53H35N3O/c54-52(46-28-27-42(39-26-23-34-11-1-2-13-37(34)30-39)51-50(46)45-19-9-10-20-49(45)57-51)56-53(48-31-38-14-4-6-16-41(38)43-17-7-8-18-44(43)48)55-32-33-21-22-36-25-24-35-12-3-5-15-40(35)47(36)29-33/h1-31H,32H2,(H2,54,55,56). The molecule has 0 aliphatic carbocycles. The molecule has 1 aromatic heterocycles. The van der Waals surface area contributed by atoms with Gasteiger partial charge in [-0.3, -0.25) is 4.99 Å². The van der Waals surface area contributed by atoms with E-state index in [2.05, 4.69) is 170 Å². The molecule has 57 heavy (non-hydrogen) atoms. The third-order valence-electron chi connectivity index (χ3n) is 11.3. The molecule has 0 spiro atoms. The van der Waals surface area contributed by atoms with Crippen LogP contribution in [-0.4, -0.2) is 11.7 Å². The van der Waals surface area contributed by atoms with Gasteiger partial charge in [0.15, 0.2) is 5.84 Å². The van der Waals surface area contributed by atoms with Crippen LogP contribution in [0.25, 0.3) is 86.9 Å². The van der Waals surface area contributed by atoms with Gasteiger partial charge < -0.3 is 10.2 Å². The van der Waals surface area contributed by atoms with Crippen molar-refractivity contribution in [1.29, 1.82) is 0 Å². The topological polar surface area (TPSA) is 63.9 Å². The largest absolute Gasteiger partial charge is 0.455 e. The van der Waals surface area contributed by atoms with Gasteiger partial charge in [0.1, 0.15) is 17.0 Å². The molecule has 0 radical (unpaired) electrons. The Morgan fingerprint density at radius 1 is 0.456 bits per heavy atom. The highest BCUT2D eigenvalue weighted by molar-refractivity contribution is 6.25. The lowest BCUT2D eigenvalue weighted by molar-refractivity contribution is 0.670. The minimum atomic E-state index is 0.372. The Bertz CT molecular complexity index is 3460. The van der Waals surface area contributed by atoms with Gasteiger partial charge in [-0.2, -0.15) is 0 Å². The van der Waals surface area contributed by atoms with Crippen molar-refractivity contribution in [3.05, 3.63) is 205 Å². The molecule has 0 unspecified atom stereocenters. The quantitative estimate of drug-likeness (QED) is 0.109. The van der Waals surface area contributed by atoms with Crippen molar-refractivity contribution in [1.82, 2.24) is 0 Å². The van der Waals surface area contributed by atoms with Crippen molar-refractivity contribution in [3.63, 3.8) is 0 Å².